The Labute approximate surface area is 150 Å². The molecule has 1 N–H and O–H groups in total. The van der Waals surface area contributed by atoms with E-state index >= 15 is 0 Å². The Hall–Kier alpha value is -2.73. The standard InChI is InChI=1S/C20H20FN5/c1-25-11-15-8-13(2-3-19(15)23-25)14-9-16-12-26(17-4-6-22-7-5-17)24-20(16)18(21)10-14/h2-3,8-12,17,22H,4-7H2,1H3. The van der Waals surface area contributed by atoms with Gasteiger partial charge in [0, 0.05) is 30.2 Å². The van der Waals surface area contributed by atoms with Gasteiger partial charge in [0.15, 0.2) is 5.82 Å². The Bertz CT molecular complexity index is 1100. The Balaban J connectivity index is 1.58. The summed E-state index contributed by atoms with van der Waals surface area (Å²) in [5.74, 6) is -0.267. The van der Waals surface area contributed by atoms with Crippen LogP contribution in [0.15, 0.2) is 42.7 Å². The van der Waals surface area contributed by atoms with Crippen LogP contribution in [0.1, 0.15) is 18.9 Å². The first-order valence-electron chi connectivity index (χ1n) is 9.00. The quantitative estimate of drug-likeness (QED) is 0.601. The van der Waals surface area contributed by atoms with E-state index in [9.17, 15) is 4.39 Å². The summed E-state index contributed by atoms with van der Waals surface area (Å²) in [5.41, 5.74) is 3.25. The summed E-state index contributed by atoms with van der Waals surface area (Å²) in [5, 5.41) is 14.2. The predicted octanol–water partition coefficient (Wildman–Crippen LogP) is 3.65. The molecule has 26 heavy (non-hydrogen) atoms. The third-order valence-corrected chi connectivity index (χ3v) is 5.21. The van der Waals surface area contributed by atoms with E-state index in [-0.39, 0.29) is 5.82 Å². The summed E-state index contributed by atoms with van der Waals surface area (Å²) in [6.07, 6.45) is 6.02. The van der Waals surface area contributed by atoms with Crippen LogP contribution >= 0.6 is 0 Å². The number of fused-ring (bicyclic) bond motifs is 2. The minimum atomic E-state index is -0.267. The lowest BCUT2D eigenvalue weighted by Gasteiger charge is -2.22. The molecule has 1 aliphatic heterocycles. The van der Waals surface area contributed by atoms with Crippen molar-refractivity contribution in [1.29, 1.82) is 0 Å². The SMILES string of the molecule is Cn1cc2cc(-c3cc(F)c4nn(C5CCNCC5)cc4c3)ccc2n1. The first kappa shape index (κ1) is 15.5. The molecule has 0 spiro atoms. The summed E-state index contributed by atoms with van der Waals surface area (Å²) >= 11 is 0. The molecular weight excluding hydrogens is 329 g/mol. The van der Waals surface area contributed by atoms with Crippen molar-refractivity contribution < 1.29 is 4.39 Å². The van der Waals surface area contributed by atoms with Crippen LogP contribution in [0.2, 0.25) is 0 Å². The average molecular weight is 349 g/mol. The number of aryl methyl sites for hydroxylation is 1. The van der Waals surface area contributed by atoms with E-state index in [1.807, 2.05) is 42.3 Å². The molecule has 0 atom stereocenters. The molecule has 3 heterocycles. The Morgan fingerprint density at radius 2 is 1.81 bits per heavy atom. The summed E-state index contributed by atoms with van der Waals surface area (Å²) in [4.78, 5) is 0. The fraction of sp³-hybridized carbons (Fsp3) is 0.300. The summed E-state index contributed by atoms with van der Waals surface area (Å²) < 4.78 is 18.5. The van der Waals surface area contributed by atoms with Gasteiger partial charge in [-0.15, -0.1) is 0 Å². The largest absolute Gasteiger partial charge is 0.317 e. The molecule has 0 aliphatic carbocycles. The summed E-state index contributed by atoms with van der Waals surface area (Å²) in [6, 6.07) is 9.98. The monoisotopic (exact) mass is 349 g/mol. The van der Waals surface area contributed by atoms with Crippen LogP contribution in [0.25, 0.3) is 32.9 Å². The molecule has 0 unspecified atom stereocenters. The topological polar surface area (TPSA) is 47.7 Å². The second kappa shape index (κ2) is 5.92. The molecular formula is C20H20FN5. The molecule has 6 heteroatoms. The van der Waals surface area contributed by atoms with Gasteiger partial charge in [-0.25, -0.2) is 4.39 Å². The van der Waals surface area contributed by atoms with Crippen molar-refractivity contribution in [2.45, 2.75) is 18.9 Å². The van der Waals surface area contributed by atoms with Gasteiger partial charge in [0.2, 0.25) is 0 Å². The number of rotatable bonds is 2. The van der Waals surface area contributed by atoms with Gasteiger partial charge in [0.25, 0.3) is 0 Å². The number of benzene rings is 2. The fourth-order valence-corrected chi connectivity index (χ4v) is 3.86. The molecule has 1 fully saturated rings. The average Bonchev–Trinajstić information content (AvgIpc) is 3.24. The zero-order chi connectivity index (χ0) is 17.7. The molecule has 5 rings (SSSR count). The lowest BCUT2D eigenvalue weighted by atomic mass is 10.0. The summed E-state index contributed by atoms with van der Waals surface area (Å²) in [7, 11) is 1.90. The van der Waals surface area contributed by atoms with E-state index in [2.05, 4.69) is 21.6 Å². The molecule has 4 aromatic rings. The van der Waals surface area contributed by atoms with Crippen molar-refractivity contribution in [3.8, 4) is 11.1 Å². The molecule has 0 saturated carbocycles. The van der Waals surface area contributed by atoms with Gasteiger partial charge < -0.3 is 5.32 Å². The van der Waals surface area contributed by atoms with Crippen molar-refractivity contribution in [3.63, 3.8) is 0 Å². The third kappa shape index (κ3) is 2.57. The highest BCUT2D eigenvalue weighted by Gasteiger charge is 2.18. The zero-order valence-corrected chi connectivity index (χ0v) is 14.6. The van der Waals surface area contributed by atoms with E-state index in [1.54, 1.807) is 10.7 Å². The molecule has 132 valence electrons. The normalized spacial score (nSPS) is 15.9. The number of nitrogens with zero attached hydrogens (tertiary/aromatic N) is 4. The highest BCUT2D eigenvalue weighted by molar-refractivity contribution is 5.88. The smallest absolute Gasteiger partial charge is 0.151 e. The van der Waals surface area contributed by atoms with Crippen LogP contribution in [0, 0.1) is 5.82 Å². The molecule has 1 aliphatic rings. The van der Waals surface area contributed by atoms with E-state index in [0.29, 0.717) is 11.6 Å². The maximum Gasteiger partial charge on any atom is 0.151 e. The Morgan fingerprint density at radius 1 is 1.00 bits per heavy atom. The van der Waals surface area contributed by atoms with Gasteiger partial charge in [0.05, 0.1) is 11.6 Å². The second-order valence-electron chi connectivity index (χ2n) is 7.06. The zero-order valence-electron chi connectivity index (χ0n) is 14.6. The summed E-state index contributed by atoms with van der Waals surface area (Å²) in [6.45, 7) is 1.97. The minimum Gasteiger partial charge on any atom is -0.317 e. The Kier molecular flexibility index (Phi) is 3.53. The Morgan fingerprint density at radius 3 is 2.65 bits per heavy atom. The molecule has 0 amide bonds. The van der Waals surface area contributed by atoms with Gasteiger partial charge in [-0.05, 0) is 61.3 Å². The van der Waals surface area contributed by atoms with E-state index in [0.717, 1.165) is 53.3 Å². The van der Waals surface area contributed by atoms with Crippen molar-refractivity contribution in [2.24, 2.45) is 7.05 Å². The van der Waals surface area contributed by atoms with Crippen molar-refractivity contribution >= 4 is 21.8 Å². The second-order valence-corrected chi connectivity index (χ2v) is 7.06. The van der Waals surface area contributed by atoms with E-state index in [4.69, 9.17) is 0 Å². The van der Waals surface area contributed by atoms with E-state index in [1.165, 1.54) is 0 Å². The lowest BCUT2D eigenvalue weighted by Crippen LogP contribution is -2.29. The van der Waals surface area contributed by atoms with Gasteiger partial charge in [0.1, 0.15) is 5.52 Å². The first-order valence-corrected chi connectivity index (χ1v) is 9.00. The number of hydrogen-bond acceptors (Lipinski definition) is 3. The van der Waals surface area contributed by atoms with E-state index < -0.39 is 0 Å². The van der Waals surface area contributed by atoms with Crippen LogP contribution < -0.4 is 5.32 Å². The van der Waals surface area contributed by atoms with Crippen molar-refractivity contribution in [1.82, 2.24) is 24.9 Å². The van der Waals surface area contributed by atoms with Crippen molar-refractivity contribution in [3.05, 3.63) is 48.5 Å². The third-order valence-electron chi connectivity index (χ3n) is 5.21. The van der Waals surface area contributed by atoms with Gasteiger partial charge in [-0.3, -0.25) is 9.36 Å². The highest BCUT2D eigenvalue weighted by Crippen LogP contribution is 2.30. The molecule has 0 radical (unpaired) electrons. The van der Waals surface area contributed by atoms with Gasteiger partial charge in [-0.1, -0.05) is 6.07 Å². The predicted molar refractivity (Wildman–Crippen MR) is 101 cm³/mol. The molecule has 1 saturated heterocycles. The number of halogens is 1. The van der Waals surface area contributed by atoms with Gasteiger partial charge >= 0.3 is 0 Å². The van der Waals surface area contributed by atoms with Crippen LogP contribution in [0.4, 0.5) is 4.39 Å². The molecule has 5 nitrogen and oxygen atoms in total. The number of aromatic nitrogens is 4. The lowest BCUT2D eigenvalue weighted by molar-refractivity contribution is 0.344. The van der Waals surface area contributed by atoms with Crippen molar-refractivity contribution in [2.75, 3.05) is 13.1 Å². The number of nitrogens with one attached hydrogen (secondary N) is 1. The maximum absolute atomic E-state index is 14.7. The molecule has 2 aromatic heterocycles. The minimum absolute atomic E-state index is 0.267. The van der Waals surface area contributed by atoms with Crippen LogP contribution in [-0.4, -0.2) is 32.7 Å². The molecule has 0 bridgehead atoms. The van der Waals surface area contributed by atoms with Crippen LogP contribution in [0.5, 0.6) is 0 Å². The highest BCUT2D eigenvalue weighted by atomic mass is 19.1. The fourth-order valence-electron chi connectivity index (χ4n) is 3.86. The number of hydrogen-bond donors (Lipinski definition) is 1. The number of piperidine rings is 1. The van der Waals surface area contributed by atoms with Crippen LogP contribution in [0.3, 0.4) is 0 Å². The maximum atomic E-state index is 14.7. The molecule has 2 aromatic carbocycles. The van der Waals surface area contributed by atoms with Crippen LogP contribution in [-0.2, 0) is 7.05 Å². The van der Waals surface area contributed by atoms with Gasteiger partial charge in [-0.2, -0.15) is 10.2 Å². The first-order chi connectivity index (χ1) is 12.7.